The van der Waals surface area contributed by atoms with Crippen molar-refractivity contribution < 1.29 is 14.3 Å². The lowest BCUT2D eigenvalue weighted by Crippen LogP contribution is -2.42. The number of hydrogen-bond donors (Lipinski definition) is 2. The van der Waals surface area contributed by atoms with Crippen LogP contribution in [0.5, 0.6) is 0 Å². The van der Waals surface area contributed by atoms with Crippen LogP contribution in [0, 0.1) is 0 Å². The van der Waals surface area contributed by atoms with Crippen molar-refractivity contribution >= 4 is 12.1 Å². The van der Waals surface area contributed by atoms with Crippen LogP contribution in [0.25, 0.3) is 0 Å². The lowest BCUT2D eigenvalue weighted by Gasteiger charge is -2.12. The number of rotatable bonds is 3. The second-order valence-electron chi connectivity index (χ2n) is 2.24. The lowest BCUT2D eigenvalue weighted by atomic mass is 10.2. The molecule has 0 aromatic heterocycles. The fraction of sp³-hybridized carbons (Fsp3) is 0.667. The van der Waals surface area contributed by atoms with Crippen molar-refractivity contribution in [2.75, 3.05) is 13.8 Å². The van der Waals surface area contributed by atoms with Crippen LogP contribution in [0.4, 0.5) is 0 Å². The van der Waals surface area contributed by atoms with E-state index in [9.17, 15) is 9.59 Å². The summed E-state index contributed by atoms with van der Waals surface area (Å²) in [5.74, 6) is -0.484. The van der Waals surface area contributed by atoms with Crippen molar-refractivity contribution in [2.24, 2.45) is 0 Å². The normalized spacial score (nSPS) is 30.3. The van der Waals surface area contributed by atoms with Gasteiger partial charge in [-0.3, -0.25) is 20.2 Å². The van der Waals surface area contributed by atoms with E-state index in [2.05, 4.69) is 10.6 Å². The molecule has 1 aliphatic rings. The highest BCUT2D eigenvalue weighted by atomic mass is 16.5. The number of nitrogens with one attached hydrogen (secondary N) is 2. The Morgan fingerprint density at radius 1 is 1.64 bits per heavy atom. The minimum Gasteiger partial charge on any atom is -0.364 e. The molecule has 1 aliphatic heterocycles. The van der Waals surface area contributed by atoms with E-state index in [4.69, 9.17) is 4.74 Å². The number of ketones is 1. The molecule has 0 aliphatic carbocycles. The first-order valence-corrected chi connectivity index (χ1v) is 3.28. The average Bonchev–Trinajstić information content (AvgIpc) is 2.50. The molecule has 0 spiro atoms. The molecule has 0 bridgehead atoms. The van der Waals surface area contributed by atoms with E-state index in [0.29, 0.717) is 13.0 Å². The minimum atomic E-state index is -0.530. The smallest absolute Gasteiger partial charge is 0.216 e. The topological polar surface area (TPSA) is 67.4 Å². The predicted octanol–water partition coefficient (Wildman–Crippen LogP) is -1.75. The summed E-state index contributed by atoms with van der Waals surface area (Å²) in [5.41, 5.74) is 0. The van der Waals surface area contributed by atoms with Crippen LogP contribution in [0.3, 0.4) is 0 Å². The van der Waals surface area contributed by atoms with Crippen molar-refractivity contribution in [1.29, 1.82) is 0 Å². The molecular weight excluding hydrogens is 148 g/mol. The van der Waals surface area contributed by atoms with E-state index < -0.39 is 11.8 Å². The van der Waals surface area contributed by atoms with Gasteiger partial charge in [-0.25, -0.2) is 0 Å². The zero-order chi connectivity index (χ0) is 8.27. The third-order valence-corrected chi connectivity index (χ3v) is 1.60. The molecule has 0 radical (unpaired) electrons. The molecule has 1 heterocycles. The Hall–Kier alpha value is -0.780. The largest absolute Gasteiger partial charge is 0.364 e. The molecule has 0 aromatic rings. The van der Waals surface area contributed by atoms with Gasteiger partial charge in [0.25, 0.3) is 0 Å². The zero-order valence-corrected chi connectivity index (χ0v) is 6.16. The van der Waals surface area contributed by atoms with Gasteiger partial charge < -0.3 is 4.74 Å². The number of hydrogen-bond acceptors (Lipinski definition) is 5. The molecule has 5 heteroatoms. The van der Waals surface area contributed by atoms with E-state index in [1.54, 1.807) is 0 Å². The third-order valence-electron chi connectivity index (χ3n) is 1.60. The highest BCUT2D eigenvalue weighted by Crippen LogP contribution is 2.00. The molecule has 62 valence electrons. The number of Topliss-reactive ketones (excluding diaryl/α,β-unsaturated/α-hetero) is 1. The number of aldehydes is 1. The van der Waals surface area contributed by atoms with Crippen LogP contribution in [0.15, 0.2) is 0 Å². The number of ether oxygens (including phenoxy) is 1. The summed E-state index contributed by atoms with van der Waals surface area (Å²) in [5, 5.41) is 5.65. The zero-order valence-electron chi connectivity index (χ0n) is 6.16. The van der Waals surface area contributed by atoms with Gasteiger partial charge in [-0.1, -0.05) is 0 Å². The van der Waals surface area contributed by atoms with Gasteiger partial charge in [0.05, 0.1) is 0 Å². The number of methoxy groups -OCH3 is 1. The van der Waals surface area contributed by atoms with Crippen LogP contribution in [-0.4, -0.2) is 38.1 Å². The predicted molar refractivity (Wildman–Crippen MR) is 36.8 cm³/mol. The fourth-order valence-electron chi connectivity index (χ4n) is 1.04. The van der Waals surface area contributed by atoms with Gasteiger partial charge in [0, 0.05) is 13.8 Å². The van der Waals surface area contributed by atoms with Crippen LogP contribution in [0.1, 0.15) is 0 Å². The molecule has 2 atom stereocenters. The van der Waals surface area contributed by atoms with Crippen LogP contribution in [-0.2, 0) is 14.3 Å². The summed E-state index contributed by atoms with van der Waals surface area (Å²) in [6.45, 7) is 0.489. The van der Waals surface area contributed by atoms with Gasteiger partial charge in [-0.2, -0.15) is 0 Å². The molecule has 2 N–H and O–H groups in total. The minimum absolute atomic E-state index is 0.302. The van der Waals surface area contributed by atoms with Crippen molar-refractivity contribution in [2.45, 2.75) is 12.3 Å². The Kier molecular flexibility index (Phi) is 2.70. The molecular formula is C6H10N2O3. The second-order valence-corrected chi connectivity index (χ2v) is 2.24. The molecule has 0 amide bonds. The van der Waals surface area contributed by atoms with Gasteiger partial charge in [0.15, 0.2) is 6.29 Å². The molecule has 11 heavy (non-hydrogen) atoms. The van der Waals surface area contributed by atoms with E-state index in [0.717, 1.165) is 0 Å². The SMILES string of the molecule is COC1NCNC1C(=O)C=O. The molecule has 1 fully saturated rings. The second kappa shape index (κ2) is 3.56. The van der Waals surface area contributed by atoms with Gasteiger partial charge in [-0.15, -0.1) is 0 Å². The molecule has 0 saturated carbocycles. The number of carbonyl (C=O) groups excluding carboxylic acids is 2. The van der Waals surface area contributed by atoms with E-state index >= 15 is 0 Å². The molecule has 5 nitrogen and oxygen atoms in total. The molecule has 2 unspecified atom stereocenters. The maximum Gasteiger partial charge on any atom is 0.216 e. The summed E-state index contributed by atoms with van der Waals surface area (Å²) >= 11 is 0. The van der Waals surface area contributed by atoms with Gasteiger partial charge in [0.1, 0.15) is 12.3 Å². The summed E-state index contributed by atoms with van der Waals surface area (Å²) in [6, 6.07) is -0.530. The molecule has 1 rings (SSSR count). The first kappa shape index (κ1) is 8.32. The maximum atomic E-state index is 10.8. The Labute approximate surface area is 64.1 Å². The Balaban J connectivity index is 2.55. The number of carbonyl (C=O) groups is 2. The van der Waals surface area contributed by atoms with Crippen LogP contribution in [0.2, 0.25) is 0 Å². The van der Waals surface area contributed by atoms with Gasteiger partial charge in [-0.05, 0) is 0 Å². The maximum absolute atomic E-state index is 10.8. The van der Waals surface area contributed by atoms with E-state index in [-0.39, 0.29) is 6.23 Å². The first-order valence-electron chi connectivity index (χ1n) is 3.28. The Morgan fingerprint density at radius 3 is 2.91 bits per heavy atom. The van der Waals surface area contributed by atoms with Gasteiger partial charge >= 0.3 is 0 Å². The van der Waals surface area contributed by atoms with E-state index in [1.807, 2.05) is 0 Å². The molecule has 1 saturated heterocycles. The average molecular weight is 158 g/mol. The Morgan fingerprint density at radius 2 is 2.36 bits per heavy atom. The monoisotopic (exact) mass is 158 g/mol. The van der Waals surface area contributed by atoms with Crippen molar-refractivity contribution in [3.63, 3.8) is 0 Å². The standard InChI is InChI=1S/C6H10N2O3/c1-11-6-5(4(10)2-9)7-3-8-6/h2,5-8H,3H2,1H3. The Bertz CT molecular complexity index is 171. The lowest BCUT2D eigenvalue weighted by molar-refractivity contribution is -0.132. The third kappa shape index (κ3) is 1.62. The van der Waals surface area contributed by atoms with Crippen LogP contribution >= 0.6 is 0 Å². The first-order chi connectivity index (χ1) is 5.29. The van der Waals surface area contributed by atoms with Crippen LogP contribution < -0.4 is 10.6 Å². The van der Waals surface area contributed by atoms with E-state index in [1.165, 1.54) is 7.11 Å². The quantitative estimate of drug-likeness (QED) is 0.376. The van der Waals surface area contributed by atoms with Crippen molar-refractivity contribution in [3.05, 3.63) is 0 Å². The summed E-state index contributed by atoms with van der Waals surface area (Å²) < 4.78 is 4.89. The summed E-state index contributed by atoms with van der Waals surface area (Å²) in [6.07, 6.45) is -0.0795. The highest BCUT2D eigenvalue weighted by Gasteiger charge is 2.31. The van der Waals surface area contributed by atoms with Crippen molar-refractivity contribution in [1.82, 2.24) is 10.6 Å². The molecule has 0 aromatic carbocycles. The summed E-state index contributed by atoms with van der Waals surface area (Å²) in [4.78, 5) is 20.9. The summed E-state index contributed by atoms with van der Waals surface area (Å²) in [7, 11) is 1.48. The van der Waals surface area contributed by atoms with Gasteiger partial charge in [0.2, 0.25) is 5.78 Å². The fourth-order valence-corrected chi connectivity index (χ4v) is 1.04. The van der Waals surface area contributed by atoms with Crippen molar-refractivity contribution in [3.8, 4) is 0 Å². The highest BCUT2D eigenvalue weighted by molar-refractivity contribution is 6.27.